The van der Waals surface area contributed by atoms with Gasteiger partial charge in [-0.05, 0) is 68.1 Å². The van der Waals surface area contributed by atoms with Gasteiger partial charge >= 0.3 is 0 Å². The Kier molecular flexibility index (Phi) is 2.29. The molecule has 1 amide bonds. The van der Waals surface area contributed by atoms with Crippen molar-refractivity contribution >= 4 is 5.91 Å². The SMILES string of the molecule is NC(=O)[C@@H](N)CC12CC3CC(CC(C3)C1)C2. The van der Waals surface area contributed by atoms with Gasteiger partial charge in [0.15, 0.2) is 0 Å². The van der Waals surface area contributed by atoms with E-state index in [1.54, 1.807) is 0 Å². The number of amides is 1. The van der Waals surface area contributed by atoms with Gasteiger partial charge < -0.3 is 11.5 Å². The fourth-order valence-corrected chi connectivity index (χ4v) is 5.11. The molecule has 4 rings (SSSR count). The summed E-state index contributed by atoms with van der Waals surface area (Å²) < 4.78 is 0. The molecule has 1 atom stereocenters. The molecular weight excluding hydrogens is 200 g/mol. The first-order chi connectivity index (χ1) is 7.56. The normalized spacial score (nSPS) is 46.9. The van der Waals surface area contributed by atoms with Crippen molar-refractivity contribution < 1.29 is 4.79 Å². The molecule has 0 unspecified atom stereocenters. The molecule has 16 heavy (non-hydrogen) atoms. The molecule has 0 aromatic carbocycles. The summed E-state index contributed by atoms with van der Waals surface area (Å²) in [4.78, 5) is 11.1. The highest BCUT2D eigenvalue weighted by molar-refractivity contribution is 5.79. The first kappa shape index (κ1) is 10.6. The third-order valence-electron chi connectivity index (χ3n) is 5.18. The van der Waals surface area contributed by atoms with Crippen LogP contribution in [0.4, 0.5) is 0 Å². The largest absolute Gasteiger partial charge is 0.368 e. The lowest BCUT2D eigenvalue weighted by molar-refractivity contribution is -0.122. The summed E-state index contributed by atoms with van der Waals surface area (Å²) in [7, 11) is 0. The maximum absolute atomic E-state index is 11.1. The molecule has 0 aromatic heterocycles. The van der Waals surface area contributed by atoms with Crippen LogP contribution in [0.25, 0.3) is 0 Å². The molecule has 4 aliphatic carbocycles. The molecule has 4 N–H and O–H groups in total. The van der Waals surface area contributed by atoms with Crippen molar-refractivity contribution in [2.45, 2.75) is 51.0 Å². The fraction of sp³-hybridized carbons (Fsp3) is 0.923. The number of rotatable bonds is 3. The van der Waals surface area contributed by atoms with Gasteiger partial charge in [0.1, 0.15) is 0 Å². The Bertz CT molecular complexity index is 278. The van der Waals surface area contributed by atoms with Crippen molar-refractivity contribution in [3.05, 3.63) is 0 Å². The highest BCUT2D eigenvalue weighted by Crippen LogP contribution is 2.61. The molecule has 0 heterocycles. The van der Waals surface area contributed by atoms with Crippen molar-refractivity contribution in [2.24, 2.45) is 34.6 Å². The van der Waals surface area contributed by atoms with E-state index in [0.29, 0.717) is 5.41 Å². The van der Waals surface area contributed by atoms with Crippen LogP contribution in [0.15, 0.2) is 0 Å². The third-order valence-corrected chi connectivity index (χ3v) is 5.18. The van der Waals surface area contributed by atoms with E-state index >= 15 is 0 Å². The van der Waals surface area contributed by atoms with Crippen LogP contribution < -0.4 is 11.5 Å². The van der Waals surface area contributed by atoms with E-state index in [9.17, 15) is 4.79 Å². The van der Waals surface area contributed by atoms with Crippen LogP contribution >= 0.6 is 0 Å². The quantitative estimate of drug-likeness (QED) is 0.758. The highest BCUT2D eigenvalue weighted by Gasteiger charge is 2.51. The second-order valence-corrected chi connectivity index (χ2v) is 6.63. The summed E-state index contributed by atoms with van der Waals surface area (Å²) in [5.74, 6) is 2.44. The number of carbonyl (C=O) groups excluding carboxylic acids is 1. The standard InChI is InChI=1S/C13H22N2O/c14-11(12(15)16)7-13-4-8-1-9(5-13)3-10(2-8)6-13/h8-11H,1-7,14H2,(H2,15,16)/t8?,9?,10?,11-,13?/m0/s1. The second-order valence-electron chi connectivity index (χ2n) is 6.63. The van der Waals surface area contributed by atoms with Crippen LogP contribution in [-0.2, 0) is 4.79 Å². The monoisotopic (exact) mass is 222 g/mol. The molecule has 4 fully saturated rings. The zero-order valence-electron chi connectivity index (χ0n) is 9.82. The summed E-state index contributed by atoms with van der Waals surface area (Å²) in [5, 5.41) is 0. The van der Waals surface area contributed by atoms with Crippen LogP contribution in [0.3, 0.4) is 0 Å². The molecular formula is C13H22N2O. The minimum absolute atomic E-state index is 0.323. The number of nitrogens with two attached hydrogens (primary N) is 2. The minimum Gasteiger partial charge on any atom is -0.368 e. The average molecular weight is 222 g/mol. The third kappa shape index (κ3) is 1.65. The average Bonchev–Trinajstić information content (AvgIpc) is 2.13. The number of carbonyl (C=O) groups is 1. The molecule has 0 spiro atoms. The van der Waals surface area contributed by atoms with Gasteiger partial charge in [-0.2, -0.15) is 0 Å². The Morgan fingerprint density at radius 3 is 1.94 bits per heavy atom. The van der Waals surface area contributed by atoms with Crippen molar-refractivity contribution in [1.82, 2.24) is 0 Å². The molecule has 4 saturated carbocycles. The maximum atomic E-state index is 11.1. The first-order valence-corrected chi connectivity index (χ1v) is 6.61. The van der Waals surface area contributed by atoms with Crippen LogP contribution in [0.2, 0.25) is 0 Å². The highest BCUT2D eigenvalue weighted by atomic mass is 16.1. The van der Waals surface area contributed by atoms with Gasteiger partial charge in [0.05, 0.1) is 6.04 Å². The van der Waals surface area contributed by atoms with Gasteiger partial charge in [0, 0.05) is 0 Å². The Balaban J connectivity index is 1.76. The van der Waals surface area contributed by atoms with E-state index in [4.69, 9.17) is 11.5 Å². The van der Waals surface area contributed by atoms with Crippen molar-refractivity contribution in [3.63, 3.8) is 0 Å². The van der Waals surface area contributed by atoms with Gasteiger partial charge in [0.25, 0.3) is 0 Å². The summed E-state index contributed by atoms with van der Waals surface area (Å²) in [5.41, 5.74) is 11.5. The molecule has 0 radical (unpaired) electrons. The molecule has 3 heteroatoms. The molecule has 4 aliphatic rings. The van der Waals surface area contributed by atoms with E-state index in [1.165, 1.54) is 38.5 Å². The number of primary amides is 1. The topological polar surface area (TPSA) is 69.1 Å². The van der Waals surface area contributed by atoms with Crippen LogP contribution in [-0.4, -0.2) is 11.9 Å². The van der Waals surface area contributed by atoms with Gasteiger partial charge in [-0.15, -0.1) is 0 Å². The smallest absolute Gasteiger partial charge is 0.234 e. The molecule has 0 saturated heterocycles. The van der Waals surface area contributed by atoms with Crippen LogP contribution in [0.1, 0.15) is 44.9 Å². The lowest BCUT2D eigenvalue weighted by Gasteiger charge is -2.57. The van der Waals surface area contributed by atoms with Crippen molar-refractivity contribution in [3.8, 4) is 0 Å². The van der Waals surface area contributed by atoms with Crippen LogP contribution in [0, 0.1) is 23.2 Å². The Hall–Kier alpha value is -0.570. The fourth-order valence-electron chi connectivity index (χ4n) is 5.11. The maximum Gasteiger partial charge on any atom is 0.234 e. The van der Waals surface area contributed by atoms with Gasteiger partial charge in [0.2, 0.25) is 5.91 Å². The van der Waals surface area contributed by atoms with E-state index in [2.05, 4.69) is 0 Å². The van der Waals surface area contributed by atoms with E-state index in [0.717, 1.165) is 24.2 Å². The van der Waals surface area contributed by atoms with E-state index < -0.39 is 6.04 Å². The van der Waals surface area contributed by atoms with E-state index in [-0.39, 0.29) is 5.91 Å². The Morgan fingerprint density at radius 2 is 1.56 bits per heavy atom. The summed E-state index contributed by atoms with van der Waals surface area (Å²) in [6.45, 7) is 0. The molecule has 90 valence electrons. The number of hydrogen-bond acceptors (Lipinski definition) is 2. The summed E-state index contributed by atoms with van der Waals surface area (Å²) in [6, 6.07) is -0.420. The Labute approximate surface area is 96.9 Å². The van der Waals surface area contributed by atoms with Gasteiger partial charge in [-0.1, -0.05) is 0 Å². The Morgan fingerprint density at radius 1 is 1.12 bits per heavy atom. The molecule has 4 bridgehead atoms. The van der Waals surface area contributed by atoms with Crippen molar-refractivity contribution in [2.75, 3.05) is 0 Å². The first-order valence-electron chi connectivity index (χ1n) is 6.61. The minimum atomic E-state index is -0.420. The molecule has 3 nitrogen and oxygen atoms in total. The van der Waals surface area contributed by atoms with Crippen LogP contribution in [0.5, 0.6) is 0 Å². The second kappa shape index (κ2) is 3.46. The molecule has 0 aromatic rings. The molecule has 0 aliphatic heterocycles. The zero-order valence-corrected chi connectivity index (χ0v) is 9.82. The lowest BCUT2D eigenvalue weighted by Crippen LogP contribution is -2.50. The predicted octanol–water partition coefficient (Wildman–Crippen LogP) is 1.41. The summed E-state index contributed by atoms with van der Waals surface area (Å²) >= 11 is 0. The van der Waals surface area contributed by atoms with Gasteiger partial charge in [-0.3, -0.25) is 4.79 Å². The number of hydrogen-bond donors (Lipinski definition) is 2. The summed E-state index contributed by atoms with van der Waals surface area (Å²) in [6.07, 6.45) is 9.06. The van der Waals surface area contributed by atoms with Crippen molar-refractivity contribution in [1.29, 1.82) is 0 Å². The van der Waals surface area contributed by atoms with Gasteiger partial charge in [-0.25, -0.2) is 0 Å². The van der Waals surface area contributed by atoms with E-state index in [1.807, 2.05) is 0 Å². The lowest BCUT2D eigenvalue weighted by atomic mass is 9.48. The predicted molar refractivity (Wildman–Crippen MR) is 62.4 cm³/mol. The zero-order chi connectivity index (χ0) is 11.3.